The normalized spacial score (nSPS) is 49.6. The zero-order valence-corrected chi connectivity index (χ0v) is 14.6. The molecule has 0 heterocycles. The highest BCUT2D eigenvalue weighted by Gasteiger charge is 2.70. The van der Waals surface area contributed by atoms with Gasteiger partial charge in [0.1, 0.15) is 0 Å². The van der Waals surface area contributed by atoms with Gasteiger partial charge in [-0.05, 0) is 103 Å². The minimum absolute atomic E-state index is 0.493. The van der Waals surface area contributed by atoms with Gasteiger partial charge < -0.3 is 0 Å². The summed E-state index contributed by atoms with van der Waals surface area (Å²) >= 11 is 0. The fourth-order valence-corrected chi connectivity index (χ4v) is 8.77. The lowest BCUT2D eigenvalue weighted by Crippen LogP contribution is -2.69. The van der Waals surface area contributed by atoms with Gasteiger partial charge >= 0.3 is 0 Å². The summed E-state index contributed by atoms with van der Waals surface area (Å²) in [5.74, 6) is 7.20. The minimum atomic E-state index is 0.493. The van der Waals surface area contributed by atoms with E-state index in [1.54, 1.807) is 24.8 Å². The van der Waals surface area contributed by atoms with Crippen molar-refractivity contribution in [3.8, 4) is 0 Å². The molecule has 24 heavy (non-hydrogen) atoms. The molecule has 0 amide bonds. The van der Waals surface area contributed by atoms with Crippen molar-refractivity contribution in [1.29, 1.82) is 0 Å². The van der Waals surface area contributed by atoms with Gasteiger partial charge in [0, 0.05) is 5.41 Å². The van der Waals surface area contributed by atoms with Crippen LogP contribution >= 0.6 is 0 Å². The number of benzene rings is 1. The molecule has 7 aliphatic carbocycles. The molecule has 124 valence electrons. The Balaban J connectivity index is 1.58. The van der Waals surface area contributed by atoms with Crippen LogP contribution in [0.25, 0.3) is 12.2 Å². The first kappa shape index (κ1) is 13.9. The van der Waals surface area contributed by atoms with Gasteiger partial charge in [-0.25, -0.2) is 0 Å². The van der Waals surface area contributed by atoms with Crippen LogP contribution in [0.1, 0.15) is 55.2 Å². The molecule has 4 unspecified atom stereocenters. The van der Waals surface area contributed by atoms with Crippen molar-refractivity contribution in [1.82, 2.24) is 0 Å². The molecule has 0 nitrogen and oxygen atoms in total. The predicted octanol–water partition coefficient (Wildman–Crippen LogP) is 5.93. The number of rotatable bonds is 3. The van der Waals surface area contributed by atoms with Crippen LogP contribution in [0.4, 0.5) is 0 Å². The zero-order chi connectivity index (χ0) is 16.1. The molecule has 0 saturated heterocycles. The van der Waals surface area contributed by atoms with E-state index < -0.39 is 0 Å². The molecule has 0 aromatic heterocycles. The van der Waals surface area contributed by atoms with Crippen LogP contribution < -0.4 is 0 Å². The van der Waals surface area contributed by atoms with E-state index >= 15 is 0 Å². The number of hydrogen-bond acceptors (Lipinski definition) is 0. The lowest BCUT2D eigenvalue weighted by atomic mass is 9.30. The molecule has 1 aromatic carbocycles. The molecular formula is C24H28. The Bertz CT molecular complexity index is 716. The van der Waals surface area contributed by atoms with E-state index in [9.17, 15) is 0 Å². The zero-order valence-electron chi connectivity index (χ0n) is 14.6. The minimum Gasteiger partial charge on any atom is -0.0985 e. The molecule has 4 atom stereocenters. The van der Waals surface area contributed by atoms with Gasteiger partial charge in [-0.1, -0.05) is 37.4 Å². The van der Waals surface area contributed by atoms with Gasteiger partial charge in [-0.15, -0.1) is 0 Å². The van der Waals surface area contributed by atoms with E-state index in [1.807, 2.05) is 6.08 Å². The molecule has 7 saturated carbocycles. The first-order valence-corrected chi connectivity index (χ1v) is 10.1. The highest BCUT2D eigenvalue weighted by atomic mass is 14.7. The summed E-state index contributed by atoms with van der Waals surface area (Å²) in [6.45, 7) is 8.14. The van der Waals surface area contributed by atoms with Crippen LogP contribution in [-0.2, 0) is 5.41 Å². The average molecular weight is 316 g/mol. The SMILES string of the molecule is C=Cc1ccc(C23CC4CC5C6CC(CC52)CC3C6C4)c(C=C)c1. The van der Waals surface area contributed by atoms with Crippen molar-refractivity contribution in [3.05, 3.63) is 48.0 Å². The highest BCUT2D eigenvalue weighted by molar-refractivity contribution is 5.62. The van der Waals surface area contributed by atoms with E-state index in [-0.39, 0.29) is 0 Å². The molecule has 0 spiro atoms. The van der Waals surface area contributed by atoms with Crippen LogP contribution in [0.5, 0.6) is 0 Å². The lowest BCUT2D eigenvalue weighted by Gasteiger charge is -2.75. The summed E-state index contributed by atoms with van der Waals surface area (Å²) in [7, 11) is 0. The van der Waals surface area contributed by atoms with Gasteiger partial charge in [0.15, 0.2) is 0 Å². The molecule has 8 bridgehead atoms. The van der Waals surface area contributed by atoms with Crippen molar-refractivity contribution in [2.75, 3.05) is 0 Å². The first-order valence-electron chi connectivity index (χ1n) is 10.1. The topological polar surface area (TPSA) is 0 Å². The van der Waals surface area contributed by atoms with Crippen molar-refractivity contribution in [2.45, 2.75) is 43.9 Å². The van der Waals surface area contributed by atoms with Crippen LogP contribution in [0.3, 0.4) is 0 Å². The van der Waals surface area contributed by atoms with Gasteiger partial charge in [0.05, 0.1) is 0 Å². The maximum Gasteiger partial charge on any atom is 0.00237 e. The Labute approximate surface area is 146 Å². The Morgan fingerprint density at radius 1 is 0.833 bits per heavy atom. The van der Waals surface area contributed by atoms with Crippen LogP contribution in [0.2, 0.25) is 0 Å². The smallest absolute Gasteiger partial charge is 0.00237 e. The molecule has 8 rings (SSSR count). The van der Waals surface area contributed by atoms with Crippen molar-refractivity contribution in [2.24, 2.45) is 41.4 Å². The predicted molar refractivity (Wildman–Crippen MR) is 100 cm³/mol. The van der Waals surface area contributed by atoms with Gasteiger partial charge in [0.2, 0.25) is 0 Å². The van der Waals surface area contributed by atoms with Gasteiger partial charge in [0.25, 0.3) is 0 Å². The Morgan fingerprint density at radius 3 is 2.21 bits per heavy atom. The average Bonchev–Trinajstić information content (AvgIpc) is 2.64. The largest absolute Gasteiger partial charge is 0.0985 e. The summed E-state index contributed by atoms with van der Waals surface area (Å²) < 4.78 is 0. The summed E-state index contributed by atoms with van der Waals surface area (Å²) in [6.07, 6.45) is 13.3. The summed E-state index contributed by atoms with van der Waals surface area (Å²) in [4.78, 5) is 0. The molecule has 7 aliphatic rings. The molecule has 0 aliphatic heterocycles. The third kappa shape index (κ3) is 1.44. The maximum absolute atomic E-state index is 4.18. The van der Waals surface area contributed by atoms with E-state index in [0.717, 1.165) is 41.4 Å². The maximum atomic E-state index is 4.18. The molecule has 0 radical (unpaired) electrons. The highest BCUT2D eigenvalue weighted by Crippen LogP contribution is 2.76. The van der Waals surface area contributed by atoms with Crippen LogP contribution in [0.15, 0.2) is 31.4 Å². The third-order valence-electron chi connectivity index (χ3n) is 9.11. The Hall–Kier alpha value is -1.30. The van der Waals surface area contributed by atoms with E-state index in [0.29, 0.717) is 5.41 Å². The summed E-state index contributed by atoms with van der Waals surface area (Å²) in [5.41, 5.74) is 4.80. The second-order valence-electron chi connectivity index (χ2n) is 9.61. The summed E-state index contributed by atoms with van der Waals surface area (Å²) in [5, 5.41) is 0. The van der Waals surface area contributed by atoms with Crippen molar-refractivity contribution < 1.29 is 0 Å². The van der Waals surface area contributed by atoms with Gasteiger partial charge in [-0.2, -0.15) is 0 Å². The van der Waals surface area contributed by atoms with Gasteiger partial charge in [-0.3, -0.25) is 0 Å². The van der Waals surface area contributed by atoms with E-state index in [4.69, 9.17) is 0 Å². The Kier molecular flexibility index (Phi) is 2.58. The van der Waals surface area contributed by atoms with Crippen molar-refractivity contribution >= 4 is 12.2 Å². The molecule has 0 N–H and O–H groups in total. The van der Waals surface area contributed by atoms with Crippen molar-refractivity contribution in [3.63, 3.8) is 0 Å². The Morgan fingerprint density at radius 2 is 1.54 bits per heavy atom. The monoisotopic (exact) mass is 316 g/mol. The standard InChI is InChI=1S/C24H28/c1-3-14-5-6-21(17(4-2)7-14)24-13-16-9-19-18-8-15(11-22(19)24)12-23(24)20(18)10-16/h3-7,15-16,18-20,22-23H,1-2,8-13H2. The molecule has 0 heteroatoms. The second-order valence-corrected chi connectivity index (χ2v) is 9.61. The lowest BCUT2D eigenvalue weighted by molar-refractivity contribution is -0.220. The number of hydrogen-bond donors (Lipinski definition) is 0. The molecule has 7 fully saturated rings. The second kappa shape index (κ2) is 4.45. The van der Waals surface area contributed by atoms with E-state index in [1.165, 1.54) is 30.4 Å². The van der Waals surface area contributed by atoms with Crippen LogP contribution in [0, 0.1) is 41.4 Å². The quantitative estimate of drug-likeness (QED) is 0.648. The molecule has 1 aromatic rings. The van der Waals surface area contributed by atoms with Crippen LogP contribution in [-0.4, -0.2) is 0 Å². The third-order valence-corrected chi connectivity index (χ3v) is 9.11. The fraction of sp³-hybridized carbons (Fsp3) is 0.583. The first-order chi connectivity index (χ1) is 11.7. The summed E-state index contributed by atoms with van der Waals surface area (Å²) in [6, 6.07) is 7.12. The van der Waals surface area contributed by atoms with E-state index in [2.05, 4.69) is 37.4 Å². The fourth-order valence-electron chi connectivity index (χ4n) is 8.77. The molecular weight excluding hydrogens is 288 g/mol.